The highest BCUT2D eigenvalue weighted by Crippen LogP contribution is 2.48. The van der Waals surface area contributed by atoms with Crippen LogP contribution in [0.5, 0.6) is 0 Å². The van der Waals surface area contributed by atoms with Gasteiger partial charge in [0.2, 0.25) is 5.69 Å². The number of carboxylic acids is 1. The molecule has 7 nitrogen and oxygen atoms in total. The lowest BCUT2D eigenvalue weighted by atomic mass is 9.61. The van der Waals surface area contributed by atoms with Crippen molar-refractivity contribution in [2.45, 2.75) is 31.7 Å². The van der Waals surface area contributed by atoms with E-state index >= 15 is 4.39 Å². The molecule has 2 atom stereocenters. The van der Waals surface area contributed by atoms with E-state index in [0.717, 1.165) is 37.8 Å². The highest BCUT2D eigenvalue weighted by molar-refractivity contribution is 6.01. The number of hydrogen-bond acceptors (Lipinski definition) is 4. The molecule has 3 saturated carbocycles. The van der Waals surface area contributed by atoms with Gasteiger partial charge >= 0.3 is 5.97 Å². The summed E-state index contributed by atoms with van der Waals surface area (Å²) in [4.78, 5) is 22.9. The number of aromatic amines is 1. The molecular weight excluding hydrogens is 485 g/mol. The third-order valence-electron chi connectivity index (χ3n) is 7.76. The van der Waals surface area contributed by atoms with Gasteiger partial charge in [0.05, 0.1) is 35.5 Å². The maximum atomic E-state index is 16.1. The van der Waals surface area contributed by atoms with Crippen molar-refractivity contribution in [1.29, 1.82) is 0 Å². The van der Waals surface area contributed by atoms with E-state index < -0.39 is 35.4 Å². The van der Waals surface area contributed by atoms with Gasteiger partial charge in [0.1, 0.15) is 17.4 Å². The van der Waals surface area contributed by atoms with E-state index in [0.29, 0.717) is 0 Å². The zero-order valence-electron chi connectivity index (χ0n) is 19.4. The molecule has 3 aliphatic rings. The molecule has 3 heterocycles. The number of benzene rings is 1. The largest absolute Gasteiger partial charge is 0.481 e. The number of nitrogens with one attached hydrogen (secondary N) is 2. The van der Waals surface area contributed by atoms with Gasteiger partial charge in [-0.1, -0.05) is 0 Å². The van der Waals surface area contributed by atoms with E-state index in [4.69, 9.17) is 11.0 Å². The number of aliphatic carboxylic acids is 1. The first kappa shape index (κ1) is 23.2. The standard InChI is InChI=1S/C27H21F3N4O3/c1-31-25-20(18-3-2-8-37-18)21(30)26(33-22-13-6-4-12(5-7-13)19(22)27(35)36)34-24(25)16-11-32-23-15(16)9-14(28)10-17(23)29/h2-3,8-13,19,22,32H,4-7H2,(H,33,34)(H,35,36). The lowest BCUT2D eigenvalue weighted by Gasteiger charge is -2.47. The number of H-pyrrole nitrogens is 1. The van der Waals surface area contributed by atoms with Crippen LogP contribution in [0.2, 0.25) is 0 Å². The van der Waals surface area contributed by atoms with Crippen LogP contribution >= 0.6 is 0 Å². The van der Waals surface area contributed by atoms with Crippen molar-refractivity contribution in [3.63, 3.8) is 0 Å². The molecule has 37 heavy (non-hydrogen) atoms. The topological polar surface area (TPSA) is 95.5 Å². The van der Waals surface area contributed by atoms with Gasteiger partial charge < -0.3 is 19.8 Å². The van der Waals surface area contributed by atoms with Gasteiger partial charge in [0, 0.05) is 29.3 Å². The minimum absolute atomic E-state index is 0.00519. The van der Waals surface area contributed by atoms with Crippen molar-refractivity contribution >= 4 is 28.4 Å². The van der Waals surface area contributed by atoms with Crippen molar-refractivity contribution in [2.24, 2.45) is 17.8 Å². The molecule has 2 bridgehead atoms. The molecule has 1 aromatic carbocycles. The van der Waals surface area contributed by atoms with E-state index in [9.17, 15) is 18.7 Å². The predicted molar refractivity (Wildman–Crippen MR) is 129 cm³/mol. The quantitative estimate of drug-likeness (QED) is 0.260. The second kappa shape index (κ2) is 8.69. The van der Waals surface area contributed by atoms with Crippen LogP contribution in [-0.2, 0) is 4.79 Å². The average molecular weight is 506 g/mol. The molecule has 3 aliphatic carbocycles. The number of halogens is 3. The molecule has 3 N–H and O–H groups in total. The molecule has 10 heteroatoms. The Morgan fingerprint density at radius 1 is 1.19 bits per heavy atom. The Labute approximate surface area is 209 Å². The van der Waals surface area contributed by atoms with Gasteiger partial charge in [-0.25, -0.2) is 23.0 Å². The summed E-state index contributed by atoms with van der Waals surface area (Å²) in [5.74, 6) is -4.29. The molecule has 0 aliphatic heterocycles. The van der Waals surface area contributed by atoms with Crippen LogP contribution < -0.4 is 5.32 Å². The number of furan rings is 1. The van der Waals surface area contributed by atoms with Crippen molar-refractivity contribution in [3.05, 3.63) is 65.6 Å². The highest BCUT2D eigenvalue weighted by atomic mass is 19.1. The molecule has 0 amide bonds. The molecule has 3 aromatic heterocycles. The second-order valence-electron chi connectivity index (χ2n) is 9.66. The Kier molecular flexibility index (Phi) is 5.44. The number of pyridine rings is 1. The summed E-state index contributed by atoms with van der Waals surface area (Å²) in [6, 6.07) is 4.34. The van der Waals surface area contributed by atoms with E-state index in [1.165, 1.54) is 18.5 Å². The van der Waals surface area contributed by atoms with Crippen LogP contribution in [0.25, 0.3) is 38.3 Å². The van der Waals surface area contributed by atoms with Crippen molar-refractivity contribution in [1.82, 2.24) is 9.97 Å². The maximum absolute atomic E-state index is 16.1. The Hall–Kier alpha value is -4.26. The molecule has 2 unspecified atom stereocenters. The first-order valence-electron chi connectivity index (χ1n) is 12.0. The summed E-state index contributed by atoms with van der Waals surface area (Å²) < 4.78 is 50.1. The number of fused-ring (bicyclic) bond motifs is 4. The Bertz CT molecular complexity index is 1570. The van der Waals surface area contributed by atoms with Gasteiger partial charge in [-0.3, -0.25) is 4.79 Å². The molecule has 0 spiro atoms. The normalized spacial score (nSPS) is 22.8. The third-order valence-corrected chi connectivity index (χ3v) is 7.76. The van der Waals surface area contributed by atoms with Gasteiger partial charge in [-0.05, 0) is 55.7 Å². The number of carbonyl (C=O) groups is 1. The molecule has 3 fully saturated rings. The fourth-order valence-electron chi connectivity index (χ4n) is 6.11. The van der Waals surface area contributed by atoms with Crippen LogP contribution in [0.1, 0.15) is 25.7 Å². The van der Waals surface area contributed by atoms with Gasteiger partial charge in [-0.2, -0.15) is 0 Å². The average Bonchev–Trinajstić information content (AvgIpc) is 3.56. The SMILES string of the molecule is [C-]#[N+]c1c(-c2c[nH]c3c(F)cc(F)cc23)nc(NC2C3CCC(CC3)C2C(=O)O)c(F)c1-c1ccco1. The summed E-state index contributed by atoms with van der Waals surface area (Å²) in [6.45, 7) is 7.82. The summed E-state index contributed by atoms with van der Waals surface area (Å²) in [5, 5.41) is 13.2. The number of rotatable bonds is 5. The Morgan fingerprint density at radius 2 is 1.95 bits per heavy atom. The number of carboxylic acid groups (broad SMARTS) is 1. The smallest absolute Gasteiger partial charge is 0.308 e. The minimum Gasteiger partial charge on any atom is -0.481 e. The van der Waals surface area contributed by atoms with Crippen LogP contribution in [-0.4, -0.2) is 27.1 Å². The van der Waals surface area contributed by atoms with Crippen molar-refractivity contribution in [3.8, 4) is 22.6 Å². The van der Waals surface area contributed by atoms with Crippen LogP contribution in [0.3, 0.4) is 0 Å². The Balaban J connectivity index is 1.57. The van der Waals surface area contributed by atoms with Crippen LogP contribution in [0.15, 0.2) is 41.1 Å². The van der Waals surface area contributed by atoms with Gasteiger partial charge in [-0.15, -0.1) is 0 Å². The third kappa shape index (κ3) is 3.65. The monoisotopic (exact) mass is 506 g/mol. The highest BCUT2D eigenvalue weighted by Gasteiger charge is 2.47. The summed E-state index contributed by atoms with van der Waals surface area (Å²) in [5.41, 5.74) is -0.136. The van der Waals surface area contributed by atoms with E-state index in [2.05, 4.69) is 20.1 Å². The second-order valence-corrected chi connectivity index (χ2v) is 9.66. The fraction of sp³-hybridized carbons (Fsp3) is 0.296. The predicted octanol–water partition coefficient (Wildman–Crippen LogP) is 6.76. The summed E-state index contributed by atoms with van der Waals surface area (Å²) >= 11 is 0. The number of nitrogens with zero attached hydrogens (tertiary/aromatic N) is 2. The van der Waals surface area contributed by atoms with Crippen LogP contribution in [0, 0.1) is 41.8 Å². The first-order valence-corrected chi connectivity index (χ1v) is 12.0. The van der Waals surface area contributed by atoms with E-state index in [1.54, 1.807) is 6.07 Å². The zero-order chi connectivity index (χ0) is 25.8. The molecule has 0 radical (unpaired) electrons. The molecule has 7 rings (SSSR count). The van der Waals surface area contributed by atoms with Crippen molar-refractivity contribution < 1.29 is 27.5 Å². The minimum atomic E-state index is -0.945. The Morgan fingerprint density at radius 3 is 2.62 bits per heavy atom. The lowest BCUT2D eigenvalue weighted by molar-refractivity contribution is -0.148. The molecule has 0 saturated heterocycles. The maximum Gasteiger partial charge on any atom is 0.308 e. The van der Waals surface area contributed by atoms with Crippen LogP contribution in [0.4, 0.5) is 24.7 Å². The lowest BCUT2D eigenvalue weighted by Crippen LogP contribution is -2.51. The molecule has 4 aromatic rings. The van der Waals surface area contributed by atoms with Gasteiger partial charge in [0.25, 0.3) is 0 Å². The van der Waals surface area contributed by atoms with Gasteiger partial charge in [0.15, 0.2) is 11.6 Å². The number of hydrogen-bond donors (Lipinski definition) is 3. The molecular formula is C27H21F3N4O3. The zero-order valence-corrected chi connectivity index (χ0v) is 19.4. The van der Waals surface area contributed by atoms with E-state index in [1.807, 2.05) is 0 Å². The van der Waals surface area contributed by atoms with Crippen molar-refractivity contribution in [2.75, 3.05) is 5.32 Å². The van der Waals surface area contributed by atoms with E-state index in [-0.39, 0.29) is 56.8 Å². The number of aromatic nitrogens is 2. The summed E-state index contributed by atoms with van der Waals surface area (Å²) in [7, 11) is 0. The molecule has 188 valence electrons. The summed E-state index contributed by atoms with van der Waals surface area (Å²) in [6.07, 6.45) is 6.00. The number of anilines is 1. The fourth-order valence-corrected chi connectivity index (χ4v) is 6.11. The first-order chi connectivity index (χ1) is 17.9.